The fourth-order valence-electron chi connectivity index (χ4n) is 2.03. The number of nitrogens with one attached hydrogen (secondary N) is 1. The molecule has 1 N–H and O–H groups in total. The Morgan fingerprint density at radius 3 is 3.27 bits per heavy atom. The summed E-state index contributed by atoms with van der Waals surface area (Å²) in [5.74, 6) is 0. The fraction of sp³-hybridized carbons (Fsp3) is 0.364. The van der Waals surface area contributed by atoms with Crippen molar-refractivity contribution >= 4 is 11.3 Å². The zero-order valence-corrected chi connectivity index (χ0v) is 9.47. The largest absolute Gasteiger partial charge is 0.348 e. The standard InChI is InChI=1S/C11H13N3S/c1-8-13-7-11(15-8)9-2-4-14-5-3-12-6-10(9)14/h2,4,7,12H,3,5-6H2,1H3. The van der Waals surface area contributed by atoms with E-state index in [-0.39, 0.29) is 0 Å². The highest BCUT2D eigenvalue weighted by molar-refractivity contribution is 7.15. The number of fused-ring (bicyclic) bond motifs is 1. The fourth-order valence-corrected chi connectivity index (χ4v) is 2.85. The molecule has 0 unspecified atom stereocenters. The third-order valence-corrected chi connectivity index (χ3v) is 3.73. The van der Waals surface area contributed by atoms with Crippen molar-refractivity contribution in [2.45, 2.75) is 20.0 Å². The molecule has 3 heterocycles. The van der Waals surface area contributed by atoms with Crippen LogP contribution in [0.2, 0.25) is 0 Å². The van der Waals surface area contributed by atoms with Crippen molar-refractivity contribution in [1.82, 2.24) is 14.9 Å². The van der Waals surface area contributed by atoms with Crippen molar-refractivity contribution in [2.24, 2.45) is 0 Å². The Balaban J connectivity index is 2.08. The Hall–Kier alpha value is -1.13. The van der Waals surface area contributed by atoms with E-state index in [1.54, 1.807) is 11.3 Å². The van der Waals surface area contributed by atoms with Gasteiger partial charge in [0.15, 0.2) is 0 Å². The highest BCUT2D eigenvalue weighted by Gasteiger charge is 2.15. The van der Waals surface area contributed by atoms with Crippen LogP contribution in [0.3, 0.4) is 0 Å². The molecule has 3 rings (SSSR count). The van der Waals surface area contributed by atoms with Gasteiger partial charge in [-0.3, -0.25) is 0 Å². The maximum absolute atomic E-state index is 4.31. The summed E-state index contributed by atoms with van der Waals surface area (Å²) in [5, 5.41) is 4.54. The monoisotopic (exact) mass is 219 g/mol. The van der Waals surface area contributed by atoms with E-state index < -0.39 is 0 Å². The van der Waals surface area contributed by atoms with Crippen molar-refractivity contribution in [3.8, 4) is 10.4 Å². The number of rotatable bonds is 1. The molecule has 0 saturated carbocycles. The van der Waals surface area contributed by atoms with Crippen molar-refractivity contribution < 1.29 is 0 Å². The first-order chi connectivity index (χ1) is 7.34. The number of thiazole rings is 1. The quantitative estimate of drug-likeness (QED) is 0.795. The third-order valence-electron chi connectivity index (χ3n) is 2.79. The lowest BCUT2D eigenvalue weighted by Crippen LogP contribution is -2.27. The van der Waals surface area contributed by atoms with Crippen LogP contribution in [-0.2, 0) is 13.1 Å². The smallest absolute Gasteiger partial charge is 0.0900 e. The van der Waals surface area contributed by atoms with Crippen LogP contribution in [0.15, 0.2) is 18.5 Å². The summed E-state index contributed by atoms with van der Waals surface area (Å²) in [5.41, 5.74) is 2.73. The van der Waals surface area contributed by atoms with Gasteiger partial charge in [-0.15, -0.1) is 11.3 Å². The Morgan fingerprint density at radius 2 is 2.47 bits per heavy atom. The van der Waals surface area contributed by atoms with Crippen molar-refractivity contribution in [2.75, 3.05) is 6.54 Å². The molecule has 0 atom stereocenters. The van der Waals surface area contributed by atoms with Gasteiger partial charge in [0.1, 0.15) is 0 Å². The molecule has 1 aliphatic heterocycles. The van der Waals surface area contributed by atoms with E-state index in [4.69, 9.17) is 0 Å². The summed E-state index contributed by atoms with van der Waals surface area (Å²) in [4.78, 5) is 5.59. The molecule has 2 aromatic heterocycles. The number of aromatic nitrogens is 2. The van der Waals surface area contributed by atoms with Gasteiger partial charge in [-0.25, -0.2) is 4.98 Å². The normalized spacial score (nSPS) is 15.3. The molecule has 3 nitrogen and oxygen atoms in total. The van der Waals surface area contributed by atoms with E-state index in [9.17, 15) is 0 Å². The second kappa shape index (κ2) is 3.47. The number of hydrogen-bond donors (Lipinski definition) is 1. The van der Waals surface area contributed by atoms with Crippen LogP contribution in [0.4, 0.5) is 0 Å². The Labute approximate surface area is 92.8 Å². The molecule has 0 bridgehead atoms. The average Bonchev–Trinajstić information content (AvgIpc) is 2.83. The van der Waals surface area contributed by atoms with Gasteiger partial charge in [-0.05, 0) is 13.0 Å². The summed E-state index contributed by atoms with van der Waals surface area (Å²) in [7, 11) is 0. The van der Waals surface area contributed by atoms with Crippen LogP contribution in [0.1, 0.15) is 10.7 Å². The van der Waals surface area contributed by atoms with E-state index in [2.05, 4.69) is 34.1 Å². The Kier molecular flexibility index (Phi) is 2.11. The predicted molar refractivity (Wildman–Crippen MR) is 62.0 cm³/mol. The van der Waals surface area contributed by atoms with E-state index in [1.807, 2.05) is 6.20 Å². The molecule has 0 radical (unpaired) electrons. The first kappa shape index (κ1) is 9.12. The highest BCUT2D eigenvalue weighted by atomic mass is 32.1. The molecule has 0 amide bonds. The molecule has 15 heavy (non-hydrogen) atoms. The molecule has 2 aromatic rings. The minimum Gasteiger partial charge on any atom is -0.348 e. The number of aryl methyl sites for hydroxylation is 1. The molecule has 0 aromatic carbocycles. The lowest BCUT2D eigenvalue weighted by Gasteiger charge is -2.17. The molecule has 0 spiro atoms. The van der Waals surface area contributed by atoms with Crippen LogP contribution in [-0.4, -0.2) is 16.1 Å². The SMILES string of the molecule is Cc1ncc(-c2ccn3c2CNCC3)s1. The maximum Gasteiger partial charge on any atom is 0.0900 e. The highest BCUT2D eigenvalue weighted by Crippen LogP contribution is 2.30. The molecule has 0 saturated heterocycles. The van der Waals surface area contributed by atoms with Gasteiger partial charge in [-0.1, -0.05) is 0 Å². The van der Waals surface area contributed by atoms with Gasteiger partial charge >= 0.3 is 0 Å². The molecule has 4 heteroatoms. The molecule has 0 aliphatic carbocycles. The zero-order chi connectivity index (χ0) is 10.3. The topological polar surface area (TPSA) is 29.9 Å². The molecular formula is C11H13N3S. The van der Waals surface area contributed by atoms with Gasteiger partial charge < -0.3 is 9.88 Å². The van der Waals surface area contributed by atoms with Gasteiger partial charge in [0.25, 0.3) is 0 Å². The second-order valence-corrected chi connectivity index (χ2v) is 5.02. The second-order valence-electron chi connectivity index (χ2n) is 3.79. The van der Waals surface area contributed by atoms with Crippen molar-refractivity contribution in [3.05, 3.63) is 29.2 Å². The van der Waals surface area contributed by atoms with Crippen LogP contribution in [0.25, 0.3) is 10.4 Å². The Morgan fingerprint density at radius 1 is 1.53 bits per heavy atom. The molecule has 78 valence electrons. The number of hydrogen-bond acceptors (Lipinski definition) is 3. The zero-order valence-electron chi connectivity index (χ0n) is 8.66. The lowest BCUT2D eigenvalue weighted by molar-refractivity contribution is 0.518. The van der Waals surface area contributed by atoms with Crippen LogP contribution < -0.4 is 5.32 Å². The third kappa shape index (κ3) is 1.50. The lowest BCUT2D eigenvalue weighted by atomic mass is 10.2. The van der Waals surface area contributed by atoms with Crippen molar-refractivity contribution in [1.29, 1.82) is 0 Å². The summed E-state index contributed by atoms with van der Waals surface area (Å²) < 4.78 is 2.33. The Bertz CT molecular complexity index is 484. The van der Waals surface area contributed by atoms with Gasteiger partial charge in [0.05, 0.1) is 9.88 Å². The summed E-state index contributed by atoms with van der Waals surface area (Å²) in [6, 6.07) is 2.20. The average molecular weight is 219 g/mol. The maximum atomic E-state index is 4.31. The van der Waals surface area contributed by atoms with Crippen molar-refractivity contribution in [3.63, 3.8) is 0 Å². The van der Waals surface area contributed by atoms with E-state index >= 15 is 0 Å². The van der Waals surface area contributed by atoms with Crippen LogP contribution >= 0.6 is 11.3 Å². The van der Waals surface area contributed by atoms with Crippen LogP contribution in [0.5, 0.6) is 0 Å². The summed E-state index contributed by atoms with van der Waals surface area (Å²) >= 11 is 1.77. The molecular weight excluding hydrogens is 206 g/mol. The number of nitrogens with zero attached hydrogens (tertiary/aromatic N) is 2. The van der Waals surface area contributed by atoms with E-state index in [0.29, 0.717) is 0 Å². The summed E-state index contributed by atoms with van der Waals surface area (Å²) in [6.45, 7) is 5.17. The summed E-state index contributed by atoms with van der Waals surface area (Å²) in [6.07, 6.45) is 4.16. The first-order valence-electron chi connectivity index (χ1n) is 5.16. The van der Waals surface area contributed by atoms with Gasteiger partial charge in [0, 0.05) is 43.3 Å². The minimum absolute atomic E-state index is 0.972. The molecule has 1 aliphatic rings. The van der Waals surface area contributed by atoms with E-state index in [0.717, 1.165) is 24.6 Å². The van der Waals surface area contributed by atoms with Gasteiger partial charge in [0.2, 0.25) is 0 Å². The van der Waals surface area contributed by atoms with Crippen LogP contribution in [0, 0.1) is 6.92 Å². The predicted octanol–water partition coefficient (Wildman–Crippen LogP) is 2.02. The van der Waals surface area contributed by atoms with E-state index in [1.165, 1.54) is 16.1 Å². The first-order valence-corrected chi connectivity index (χ1v) is 5.98. The van der Waals surface area contributed by atoms with Gasteiger partial charge in [-0.2, -0.15) is 0 Å². The minimum atomic E-state index is 0.972. The molecule has 0 fully saturated rings.